The third-order valence-corrected chi connectivity index (χ3v) is 4.54. The highest BCUT2D eigenvalue weighted by Gasteiger charge is 2.27. The minimum absolute atomic E-state index is 0.130. The van der Waals surface area contributed by atoms with Crippen molar-refractivity contribution in [2.45, 2.75) is 0 Å². The normalized spacial score (nSPS) is 14.4. The highest BCUT2D eigenvalue weighted by atomic mass is 16.4. The number of anilines is 1. The van der Waals surface area contributed by atoms with Crippen LogP contribution in [0.4, 0.5) is 5.88 Å². The number of nitrogens with zero attached hydrogens (tertiary/aromatic N) is 4. The van der Waals surface area contributed by atoms with Crippen molar-refractivity contribution in [3.63, 3.8) is 0 Å². The molecule has 1 aliphatic rings. The van der Waals surface area contributed by atoms with Gasteiger partial charge < -0.3 is 18.6 Å². The number of oxazole rings is 1. The molecule has 2 aromatic heterocycles. The van der Waals surface area contributed by atoms with Crippen molar-refractivity contribution >= 4 is 23.9 Å². The second-order valence-corrected chi connectivity index (χ2v) is 6.32. The van der Waals surface area contributed by atoms with Crippen LogP contribution in [0.2, 0.25) is 0 Å². The Labute approximate surface area is 162 Å². The smallest absolute Gasteiger partial charge is 0.289 e. The minimum atomic E-state index is -0.130. The van der Waals surface area contributed by atoms with E-state index < -0.39 is 0 Å². The van der Waals surface area contributed by atoms with Crippen LogP contribution in [0.15, 0.2) is 57.6 Å². The summed E-state index contributed by atoms with van der Waals surface area (Å²) >= 11 is 0. The number of carbonyl (C=O) groups excluding carboxylic acids is 1. The van der Waals surface area contributed by atoms with E-state index in [9.17, 15) is 10.1 Å². The summed E-state index contributed by atoms with van der Waals surface area (Å²) < 4.78 is 11.0. The second-order valence-electron chi connectivity index (χ2n) is 6.32. The topological polar surface area (TPSA) is 86.5 Å². The zero-order chi connectivity index (χ0) is 19.3. The summed E-state index contributed by atoms with van der Waals surface area (Å²) in [5.74, 6) is 1.03. The standard InChI is InChI=1S/C21H18N4O3/c22-15-17-21(28-19(23-17)9-8-16-5-2-1-3-6-16)25-12-10-24(11-13-25)20(26)18-7-4-14-27-18/h1-9,14H,10-13H2. The average Bonchev–Trinajstić information content (AvgIpc) is 3.43. The van der Waals surface area contributed by atoms with Crippen molar-refractivity contribution in [2.24, 2.45) is 0 Å². The molecule has 3 heterocycles. The molecule has 1 saturated heterocycles. The molecule has 7 nitrogen and oxygen atoms in total. The Kier molecular flexibility index (Phi) is 4.93. The van der Waals surface area contributed by atoms with E-state index in [4.69, 9.17) is 8.83 Å². The number of aromatic nitrogens is 1. The van der Waals surface area contributed by atoms with Gasteiger partial charge in [-0.1, -0.05) is 30.3 Å². The van der Waals surface area contributed by atoms with Gasteiger partial charge in [0.2, 0.25) is 17.5 Å². The van der Waals surface area contributed by atoms with Crippen molar-refractivity contribution < 1.29 is 13.6 Å². The van der Waals surface area contributed by atoms with Gasteiger partial charge in [-0.25, -0.2) is 0 Å². The monoisotopic (exact) mass is 374 g/mol. The van der Waals surface area contributed by atoms with Crippen molar-refractivity contribution in [1.82, 2.24) is 9.88 Å². The maximum atomic E-state index is 12.4. The Balaban J connectivity index is 1.45. The largest absolute Gasteiger partial charge is 0.459 e. The van der Waals surface area contributed by atoms with E-state index in [1.807, 2.05) is 41.3 Å². The third kappa shape index (κ3) is 3.67. The molecule has 1 aromatic carbocycles. The van der Waals surface area contributed by atoms with Crippen molar-refractivity contribution in [2.75, 3.05) is 31.1 Å². The minimum Gasteiger partial charge on any atom is -0.459 e. The van der Waals surface area contributed by atoms with E-state index in [0.29, 0.717) is 43.7 Å². The van der Waals surface area contributed by atoms with Crippen molar-refractivity contribution in [1.29, 1.82) is 5.26 Å². The van der Waals surface area contributed by atoms with Crippen LogP contribution in [-0.2, 0) is 0 Å². The second kappa shape index (κ2) is 7.84. The number of amides is 1. The van der Waals surface area contributed by atoms with E-state index >= 15 is 0 Å². The van der Waals surface area contributed by atoms with Gasteiger partial charge in [0.25, 0.3) is 5.91 Å². The molecule has 3 aromatic rings. The maximum absolute atomic E-state index is 12.4. The zero-order valence-corrected chi connectivity index (χ0v) is 15.1. The van der Waals surface area contributed by atoms with E-state index in [1.54, 1.807) is 23.1 Å². The molecule has 0 spiro atoms. The molecule has 0 unspecified atom stereocenters. The van der Waals surface area contributed by atoms with Crippen molar-refractivity contribution in [3.8, 4) is 6.07 Å². The Bertz CT molecular complexity index is 1010. The van der Waals surface area contributed by atoms with Crippen LogP contribution in [0, 0.1) is 11.3 Å². The number of benzene rings is 1. The number of hydrogen-bond donors (Lipinski definition) is 0. The summed E-state index contributed by atoms with van der Waals surface area (Å²) in [6.07, 6.45) is 5.12. The Morgan fingerprint density at radius 2 is 1.86 bits per heavy atom. The van der Waals surface area contributed by atoms with Gasteiger partial charge in [0.15, 0.2) is 5.76 Å². The van der Waals surface area contributed by atoms with Gasteiger partial charge >= 0.3 is 0 Å². The van der Waals surface area contributed by atoms with Crippen LogP contribution in [0.3, 0.4) is 0 Å². The molecule has 0 bridgehead atoms. The quantitative estimate of drug-likeness (QED) is 0.697. The first-order chi connectivity index (χ1) is 13.7. The molecule has 7 heteroatoms. The summed E-state index contributed by atoms with van der Waals surface area (Å²) in [7, 11) is 0. The van der Waals surface area contributed by atoms with Crippen LogP contribution >= 0.6 is 0 Å². The van der Waals surface area contributed by atoms with Gasteiger partial charge in [-0.15, -0.1) is 0 Å². The number of carbonyl (C=O) groups is 1. The first-order valence-corrected chi connectivity index (χ1v) is 8.96. The van der Waals surface area contributed by atoms with E-state index in [0.717, 1.165) is 5.56 Å². The maximum Gasteiger partial charge on any atom is 0.289 e. The number of rotatable bonds is 4. The van der Waals surface area contributed by atoms with E-state index in [1.165, 1.54) is 6.26 Å². The van der Waals surface area contributed by atoms with Crippen LogP contribution in [-0.4, -0.2) is 42.0 Å². The summed E-state index contributed by atoms with van der Waals surface area (Å²) in [6, 6.07) is 15.2. The Morgan fingerprint density at radius 3 is 2.54 bits per heavy atom. The van der Waals surface area contributed by atoms with Gasteiger partial charge in [0.1, 0.15) is 6.07 Å². The summed E-state index contributed by atoms with van der Waals surface area (Å²) in [4.78, 5) is 20.3. The lowest BCUT2D eigenvalue weighted by Gasteiger charge is -2.34. The fourth-order valence-corrected chi connectivity index (χ4v) is 3.09. The lowest BCUT2D eigenvalue weighted by molar-refractivity contribution is 0.0713. The summed E-state index contributed by atoms with van der Waals surface area (Å²) in [5, 5.41) is 9.41. The van der Waals surface area contributed by atoms with Gasteiger partial charge in [0, 0.05) is 32.3 Å². The molecule has 1 aliphatic heterocycles. The fourth-order valence-electron chi connectivity index (χ4n) is 3.09. The molecule has 4 rings (SSSR count). The first-order valence-electron chi connectivity index (χ1n) is 8.96. The zero-order valence-electron chi connectivity index (χ0n) is 15.1. The summed E-state index contributed by atoms with van der Waals surface area (Å²) in [6.45, 7) is 2.14. The highest BCUT2D eigenvalue weighted by Crippen LogP contribution is 2.24. The molecule has 0 aliphatic carbocycles. The number of nitriles is 1. The Morgan fingerprint density at radius 1 is 1.07 bits per heavy atom. The predicted molar refractivity (Wildman–Crippen MR) is 103 cm³/mol. The molecule has 0 atom stereocenters. The lowest BCUT2D eigenvalue weighted by atomic mass is 10.2. The van der Waals surface area contributed by atoms with Crippen LogP contribution in [0.5, 0.6) is 0 Å². The van der Waals surface area contributed by atoms with Crippen molar-refractivity contribution in [3.05, 3.63) is 71.6 Å². The molecule has 0 radical (unpaired) electrons. The number of piperazine rings is 1. The predicted octanol–water partition coefficient (Wildman–Crippen LogP) is 3.27. The number of furan rings is 1. The average molecular weight is 374 g/mol. The number of hydrogen-bond acceptors (Lipinski definition) is 6. The van der Waals surface area contributed by atoms with E-state index in [2.05, 4.69) is 11.1 Å². The molecular formula is C21H18N4O3. The SMILES string of the molecule is N#Cc1nc(C=Cc2ccccc2)oc1N1CCN(C(=O)c2ccco2)CC1. The summed E-state index contributed by atoms with van der Waals surface area (Å²) in [5.41, 5.74) is 1.27. The van der Waals surface area contributed by atoms with E-state index in [-0.39, 0.29) is 11.6 Å². The van der Waals surface area contributed by atoms with Crippen LogP contribution in [0.25, 0.3) is 12.2 Å². The fraction of sp³-hybridized carbons (Fsp3) is 0.190. The molecule has 28 heavy (non-hydrogen) atoms. The third-order valence-electron chi connectivity index (χ3n) is 4.54. The van der Waals surface area contributed by atoms with Crippen LogP contribution < -0.4 is 4.90 Å². The molecule has 0 N–H and O–H groups in total. The molecule has 1 fully saturated rings. The first kappa shape index (κ1) is 17.6. The Hall–Kier alpha value is -3.79. The van der Waals surface area contributed by atoms with Gasteiger partial charge in [0.05, 0.1) is 6.26 Å². The molecule has 140 valence electrons. The molecular weight excluding hydrogens is 356 g/mol. The van der Waals surface area contributed by atoms with Gasteiger partial charge in [-0.05, 0) is 23.8 Å². The highest BCUT2D eigenvalue weighted by molar-refractivity contribution is 5.91. The van der Waals surface area contributed by atoms with Gasteiger partial charge in [-0.2, -0.15) is 10.2 Å². The van der Waals surface area contributed by atoms with Crippen LogP contribution in [0.1, 0.15) is 27.7 Å². The molecule has 0 saturated carbocycles. The van der Waals surface area contributed by atoms with Gasteiger partial charge in [-0.3, -0.25) is 4.79 Å². The molecule has 1 amide bonds. The lowest BCUT2D eigenvalue weighted by Crippen LogP contribution is -2.48.